The summed E-state index contributed by atoms with van der Waals surface area (Å²) in [5.74, 6) is 0. The fraction of sp³-hybridized carbons (Fsp3) is 0. The number of hydrogen-bond acceptors (Lipinski definition) is 0. The van der Waals surface area contributed by atoms with Crippen LogP contribution in [-0.2, 0) is 0 Å². The summed E-state index contributed by atoms with van der Waals surface area (Å²) >= 11 is 0. The van der Waals surface area contributed by atoms with E-state index < -0.39 is 0 Å². The van der Waals surface area contributed by atoms with Crippen LogP contribution in [-0.4, -0.2) is 60.8 Å². The zero-order valence-corrected chi connectivity index (χ0v) is 3.62. The van der Waals surface area contributed by atoms with Crippen LogP contribution in [0.1, 0.15) is 0 Å². The van der Waals surface area contributed by atoms with Gasteiger partial charge in [-0.3, -0.25) is 0 Å². The molecule has 4 heavy (non-hydrogen) atoms. The predicted octanol–water partition coefficient (Wildman–Crippen LogP) is -1.66. The third-order valence-electron chi connectivity index (χ3n) is 0. The minimum atomic E-state index is 0. The topological polar surface area (TPSA) is 0 Å². The van der Waals surface area contributed by atoms with Crippen molar-refractivity contribution in [2.45, 2.75) is 0 Å². The SMILES string of the molecule is P.S.[CaH2].[MgH2]. The van der Waals surface area contributed by atoms with E-state index in [1.165, 1.54) is 0 Å². The molecular formula is H9CaMgPS. The van der Waals surface area contributed by atoms with Crippen molar-refractivity contribution in [1.29, 1.82) is 0 Å². The third kappa shape index (κ3) is 8.84. The zero-order valence-electron chi connectivity index (χ0n) is 1.21. The molecule has 0 saturated carbocycles. The average molecular weight is 136 g/mol. The van der Waals surface area contributed by atoms with Gasteiger partial charge in [0.2, 0.25) is 0 Å². The average Bonchev–Trinajstić information content (AvgIpc) is 0. The van der Waals surface area contributed by atoms with E-state index in [1.54, 1.807) is 0 Å². The monoisotopic (exact) mass is 136 g/mol. The van der Waals surface area contributed by atoms with Crippen molar-refractivity contribution in [3.05, 3.63) is 0 Å². The van der Waals surface area contributed by atoms with Crippen LogP contribution in [0.15, 0.2) is 0 Å². The van der Waals surface area contributed by atoms with Gasteiger partial charge in [-0.05, 0) is 0 Å². The van der Waals surface area contributed by atoms with E-state index in [2.05, 4.69) is 0 Å². The first kappa shape index (κ1) is 29.1. The van der Waals surface area contributed by atoms with Gasteiger partial charge in [0.1, 0.15) is 0 Å². The normalized spacial score (nSPS) is 0. The minimum Gasteiger partial charge on any atom is 0.316 e. The Kier molecular flexibility index (Phi) is 124. The van der Waals surface area contributed by atoms with E-state index in [1.807, 2.05) is 0 Å². The second kappa shape index (κ2) is 17.0. The Balaban J connectivity index is 0. The molecule has 0 spiro atoms. The van der Waals surface area contributed by atoms with Gasteiger partial charge in [0, 0.05) is 0 Å². The van der Waals surface area contributed by atoms with E-state index >= 15 is 0 Å². The van der Waals surface area contributed by atoms with Gasteiger partial charge in [-0.25, -0.2) is 0 Å². The summed E-state index contributed by atoms with van der Waals surface area (Å²) in [6, 6.07) is 0. The smallest absolute Gasteiger partial charge is 0.316 e. The van der Waals surface area contributed by atoms with Gasteiger partial charge in [-0.15, -0.1) is 0 Å². The molecule has 0 aromatic carbocycles. The molecule has 0 nitrogen and oxygen atoms in total. The first-order valence-corrected chi connectivity index (χ1v) is 0. The van der Waals surface area contributed by atoms with Crippen LogP contribution in [0.4, 0.5) is 0 Å². The summed E-state index contributed by atoms with van der Waals surface area (Å²) in [6.45, 7) is 0. The van der Waals surface area contributed by atoms with E-state index in [0.29, 0.717) is 0 Å². The molecule has 0 aliphatic rings. The molecule has 0 aromatic heterocycles. The first-order chi connectivity index (χ1) is 0. The molecule has 1 unspecified atom stereocenters. The standard InChI is InChI=1S/Ca.Mg.H3P.H2S.4H/h;;1H3;1H2;;;;. The molecule has 0 fully saturated rings. The molecule has 0 amide bonds. The Morgan fingerprint density at radius 1 is 1.00 bits per heavy atom. The predicted molar refractivity (Wildman–Crippen MR) is 38.6 cm³/mol. The number of rotatable bonds is 0. The Bertz CT molecular complexity index is 8.00. The Hall–Kier alpha value is 2.81. The van der Waals surface area contributed by atoms with Crippen molar-refractivity contribution in [1.82, 2.24) is 0 Å². The Morgan fingerprint density at radius 3 is 1.00 bits per heavy atom. The number of hydrogen-bond donors (Lipinski definition) is 0. The molecule has 0 radical (unpaired) electrons. The maximum absolute atomic E-state index is 0. The van der Waals surface area contributed by atoms with E-state index in [-0.39, 0.29) is 84.2 Å². The summed E-state index contributed by atoms with van der Waals surface area (Å²) in [6.07, 6.45) is 0. The Labute approximate surface area is 82.7 Å². The quantitative estimate of drug-likeness (QED) is 0.276. The molecule has 0 saturated heterocycles. The van der Waals surface area contributed by atoms with Gasteiger partial charge in [0.15, 0.2) is 0 Å². The van der Waals surface area contributed by atoms with Gasteiger partial charge in [0.05, 0.1) is 0 Å². The fourth-order valence-electron chi connectivity index (χ4n) is 0. The summed E-state index contributed by atoms with van der Waals surface area (Å²) in [5, 5.41) is 0. The van der Waals surface area contributed by atoms with Crippen LogP contribution >= 0.6 is 23.4 Å². The second-order valence-corrected chi connectivity index (χ2v) is 0. The van der Waals surface area contributed by atoms with Crippen molar-refractivity contribution >= 4 is 84.2 Å². The van der Waals surface area contributed by atoms with Crippen molar-refractivity contribution in [2.24, 2.45) is 0 Å². The van der Waals surface area contributed by atoms with Gasteiger partial charge in [0.25, 0.3) is 0 Å². The molecule has 0 aliphatic carbocycles. The molecule has 1 atom stereocenters. The van der Waals surface area contributed by atoms with E-state index in [0.717, 1.165) is 0 Å². The molecule has 0 bridgehead atoms. The van der Waals surface area contributed by atoms with Crippen LogP contribution < -0.4 is 0 Å². The van der Waals surface area contributed by atoms with Crippen LogP contribution in [0, 0.1) is 0 Å². The maximum Gasteiger partial charge on any atom is 0.316 e. The van der Waals surface area contributed by atoms with Crippen molar-refractivity contribution in [2.75, 3.05) is 0 Å². The maximum atomic E-state index is 0. The van der Waals surface area contributed by atoms with Crippen LogP contribution in [0.3, 0.4) is 0 Å². The van der Waals surface area contributed by atoms with Crippen molar-refractivity contribution in [3.8, 4) is 0 Å². The second-order valence-electron chi connectivity index (χ2n) is 0. The summed E-state index contributed by atoms with van der Waals surface area (Å²) in [5.41, 5.74) is 0. The molecule has 0 rings (SSSR count). The third-order valence-corrected chi connectivity index (χ3v) is 0. The van der Waals surface area contributed by atoms with E-state index in [4.69, 9.17) is 0 Å². The summed E-state index contributed by atoms with van der Waals surface area (Å²) in [7, 11) is 0. The zero-order chi connectivity index (χ0) is 0. The van der Waals surface area contributed by atoms with Crippen molar-refractivity contribution in [3.63, 3.8) is 0 Å². The molecule has 4 heteroatoms. The van der Waals surface area contributed by atoms with Crippen molar-refractivity contribution < 1.29 is 0 Å². The summed E-state index contributed by atoms with van der Waals surface area (Å²) in [4.78, 5) is 0. The fourth-order valence-corrected chi connectivity index (χ4v) is 0. The van der Waals surface area contributed by atoms with Gasteiger partial charge < -0.3 is 0 Å². The van der Waals surface area contributed by atoms with Gasteiger partial charge >= 0.3 is 60.8 Å². The van der Waals surface area contributed by atoms with Gasteiger partial charge in [-0.1, -0.05) is 0 Å². The van der Waals surface area contributed by atoms with Crippen LogP contribution in [0.2, 0.25) is 0 Å². The van der Waals surface area contributed by atoms with Crippen LogP contribution in [0.5, 0.6) is 0 Å². The molecular weight excluding hydrogens is 127 g/mol. The van der Waals surface area contributed by atoms with Gasteiger partial charge in [-0.2, -0.15) is 23.4 Å². The summed E-state index contributed by atoms with van der Waals surface area (Å²) < 4.78 is 0. The molecule has 24 valence electrons. The minimum absolute atomic E-state index is 0. The largest absolute Gasteiger partial charge is 0.316 e. The molecule has 0 aromatic rings. The molecule has 0 heterocycles. The molecule has 0 N–H and O–H groups in total. The molecule has 0 aliphatic heterocycles. The van der Waals surface area contributed by atoms with Crippen LogP contribution in [0.25, 0.3) is 0 Å². The van der Waals surface area contributed by atoms with E-state index in [9.17, 15) is 0 Å². The first-order valence-electron chi connectivity index (χ1n) is 0. The Morgan fingerprint density at radius 2 is 1.00 bits per heavy atom.